The predicted molar refractivity (Wildman–Crippen MR) is 62.2 cm³/mol. The van der Waals surface area contributed by atoms with Gasteiger partial charge in [0.2, 0.25) is 0 Å². The summed E-state index contributed by atoms with van der Waals surface area (Å²) >= 11 is 0. The van der Waals surface area contributed by atoms with Gasteiger partial charge in [0.1, 0.15) is 5.82 Å². The Kier molecular flexibility index (Phi) is 5.05. The molecule has 1 nitrogen and oxygen atoms in total. The zero-order valence-electron chi connectivity index (χ0n) is 9.17. The van der Waals surface area contributed by atoms with E-state index in [0.29, 0.717) is 0 Å². The smallest absolute Gasteiger partial charge is 0.123 e. The zero-order chi connectivity index (χ0) is 11.1. The minimum absolute atomic E-state index is 0.170. The summed E-state index contributed by atoms with van der Waals surface area (Å²) in [6.45, 7) is 6.65. The van der Waals surface area contributed by atoms with Crippen molar-refractivity contribution < 1.29 is 4.39 Å². The van der Waals surface area contributed by atoms with Crippen molar-refractivity contribution in [3.8, 4) is 0 Å². The first-order chi connectivity index (χ1) is 7.27. The molecule has 2 heteroatoms. The molecule has 0 saturated heterocycles. The summed E-state index contributed by atoms with van der Waals surface area (Å²) < 4.78 is 13.0. The molecule has 0 aromatic heterocycles. The lowest BCUT2D eigenvalue weighted by atomic mass is 10.0. The monoisotopic (exact) mass is 207 g/mol. The average molecular weight is 207 g/mol. The molecule has 1 aromatic carbocycles. The van der Waals surface area contributed by atoms with Crippen molar-refractivity contribution in [3.63, 3.8) is 0 Å². The Labute approximate surface area is 91.0 Å². The number of halogens is 1. The van der Waals surface area contributed by atoms with E-state index >= 15 is 0 Å². The van der Waals surface area contributed by atoms with Gasteiger partial charge in [-0.05, 0) is 37.1 Å². The molecule has 1 unspecified atom stereocenters. The third-order valence-electron chi connectivity index (χ3n) is 2.40. The highest BCUT2D eigenvalue weighted by atomic mass is 19.1. The van der Waals surface area contributed by atoms with Gasteiger partial charge < -0.3 is 5.32 Å². The van der Waals surface area contributed by atoms with Crippen LogP contribution in [0.5, 0.6) is 0 Å². The van der Waals surface area contributed by atoms with Crippen molar-refractivity contribution >= 4 is 0 Å². The maximum atomic E-state index is 13.0. The van der Waals surface area contributed by atoms with Gasteiger partial charge in [-0.2, -0.15) is 0 Å². The van der Waals surface area contributed by atoms with E-state index in [1.54, 1.807) is 12.1 Å². The van der Waals surface area contributed by atoms with E-state index in [0.717, 1.165) is 24.9 Å². The van der Waals surface area contributed by atoms with Gasteiger partial charge in [-0.3, -0.25) is 0 Å². The highest BCUT2D eigenvalue weighted by Crippen LogP contribution is 2.17. The van der Waals surface area contributed by atoms with Gasteiger partial charge in [-0.25, -0.2) is 4.39 Å². The SMILES string of the molecule is C=CCCNC(CC)c1cccc(F)c1. The van der Waals surface area contributed by atoms with Crippen LogP contribution in [0, 0.1) is 5.82 Å². The third-order valence-corrected chi connectivity index (χ3v) is 2.40. The van der Waals surface area contributed by atoms with E-state index < -0.39 is 0 Å². The maximum absolute atomic E-state index is 13.0. The predicted octanol–water partition coefficient (Wildman–Crippen LogP) is 3.44. The molecule has 1 aromatic rings. The molecular formula is C13H18FN. The van der Waals surface area contributed by atoms with Crippen molar-refractivity contribution in [1.82, 2.24) is 5.32 Å². The number of hydrogen-bond donors (Lipinski definition) is 1. The molecule has 82 valence electrons. The molecule has 0 amide bonds. The minimum Gasteiger partial charge on any atom is -0.310 e. The van der Waals surface area contributed by atoms with Crippen LogP contribution in [0.2, 0.25) is 0 Å². The fourth-order valence-corrected chi connectivity index (χ4v) is 1.58. The lowest BCUT2D eigenvalue weighted by molar-refractivity contribution is 0.520. The first kappa shape index (κ1) is 11.9. The first-order valence-electron chi connectivity index (χ1n) is 5.37. The highest BCUT2D eigenvalue weighted by molar-refractivity contribution is 5.20. The Balaban J connectivity index is 2.61. The Morgan fingerprint density at radius 2 is 2.33 bits per heavy atom. The summed E-state index contributed by atoms with van der Waals surface area (Å²) in [5, 5.41) is 3.38. The molecule has 0 spiro atoms. The molecule has 1 atom stereocenters. The summed E-state index contributed by atoms with van der Waals surface area (Å²) in [5.74, 6) is -0.170. The van der Waals surface area contributed by atoms with Crippen LogP contribution < -0.4 is 5.32 Å². The minimum atomic E-state index is -0.170. The maximum Gasteiger partial charge on any atom is 0.123 e. The summed E-state index contributed by atoms with van der Waals surface area (Å²) in [4.78, 5) is 0. The fraction of sp³-hybridized carbons (Fsp3) is 0.385. The zero-order valence-corrected chi connectivity index (χ0v) is 9.17. The van der Waals surface area contributed by atoms with Gasteiger partial charge in [0.05, 0.1) is 0 Å². The molecule has 0 aliphatic heterocycles. The van der Waals surface area contributed by atoms with Crippen LogP contribution in [0.15, 0.2) is 36.9 Å². The normalized spacial score (nSPS) is 12.4. The molecule has 0 radical (unpaired) electrons. The van der Waals surface area contributed by atoms with Crippen LogP contribution in [0.25, 0.3) is 0 Å². The van der Waals surface area contributed by atoms with E-state index in [1.807, 2.05) is 12.1 Å². The second-order valence-electron chi connectivity index (χ2n) is 3.55. The van der Waals surface area contributed by atoms with Crippen LogP contribution >= 0.6 is 0 Å². The van der Waals surface area contributed by atoms with Crippen molar-refractivity contribution in [1.29, 1.82) is 0 Å². The van der Waals surface area contributed by atoms with Crippen LogP contribution in [-0.4, -0.2) is 6.54 Å². The first-order valence-corrected chi connectivity index (χ1v) is 5.37. The van der Waals surface area contributed by atoms with Gasteiger partial charge >= 0.3 is 0 Å². The van der Waals surface area contributed by atoms with Gasteiger partial charge in [-0.1, -0.05) is 25.1 Å². The fourth-order valence-electron chi connectivity index (χ4n) is 1.58. The second kappa shape index (κ2) is 6.36. The van der Waals surface area contributed by atoms with E-state index in [9.17, 15) is 4.39 Å². The molecule has 0 saturated carbocycles. The van der Waals surface area contributed by atoms with Crippen LogP contribution in [0.1, 0.15) is 31.4 Å². The molecule has 0 aliphatic rings. The van der Waals surface area contributed by atoms with Crippen LogP contribution in [0.4, 0.5) is 4.39 Å². The van der Waals surface area contributed by atoms with Crippen molar-refractivity contribution in [2.75, 3.05) is 6.54 Å². The van der Waals surface area contributed by atoms with Gasteiger partial charge in [-0.15, -0.1) is 6.58 Å². The van der Waals surface area contributed by atoms with Crippen LogP contribution in [0.3, 0.4) is 0 Å². The van der Waals surface area contributed by atoms with Crippen molar-refractivity contribution in [2.24, 2.45) is 0 Å². The molecule has 0 bridgehead atoms. The van der Waals surface area contributed by atoms with E-state index in [-0.39, 0.29) is 11.9 Å². The topological polar surface area (TPSA) is 12.0 Å². The van der Waals surface area contributed by atoms with Gasteiger partial charge in [0.15, 0.2) is 0 Å². The van der Waals surface area contributed by atoms with Crippen molar-refractivity contribution in [3.05, 3.63) is 48.3 Å². The molecule has 1 rings (SSSR count). The third kappa shape index (κ3) is 3.84. The summed E-state index contributed by atoms with van der Waals surface area (Å²) in [7, 11) is 0. The number of hydrogen-bond acceptors (Lipinski definition) is 1. The second-order valence-corrected chi connectivity index (χ2v) is 3.55. The lowest BCUT2D eigenvalue weighted by Crippen LogP contribution is -2.21. The highest BCUT2D eigenvalue weighted by Gasteiger charge is 2.07. The molecule has 1 N–H and O–H groups in total. The molecule has 0 heterocycles. The van der Waals surface area contributed by atoms with Gasteiger partial charge in [0.25, 0.3) is 0 Å². The largest absolute Gasteiger partial charge is 0.310 e. The molecule has 0 fully saturated rings. The van der Waals surface area contributed by atoms with E-state index in [1.165, 1.54) is 6.07 Å². The summed E-state index contributed by atoms with van der Waals surface area (Å²) in [6, 6.07) is 7.01. The Hall–Kier alpha value is -1.15. The van der Waals surface area contributed by atoms with Crippen molar-refractivity contribution in [2.45, 2.75) is 25.8 Å². The standard InChI is InChI=1S/C13H18FN/c1-3-5-9-15-13(4-2)11-7-6-8-12(14)10-11/h3,6-8,10,13,15H,1,4-5,9H2,2H3. The molecular weight excluding hydrogens is 189 g/mol. The average Bonchev–Trinajstić information content (AvgIpc) is 2.24. The summed E-state index contributed by atoms with van der Waals surface area (Å²) in [6.07, 6.45) is 3.78. The number of rotatable bonds is 6. The number of benzene rings is 1. The van der Waals surface area contributed by atoms with Crippen LogP contribution in [-0.2, 0) is 0 Å². The Morgan fingerprint density at radius 1 is 1.53 bits per heavy atom. The Bertz CT molecular complexity index is 309. The lowest BCUT2D eigenvalue weighted by Gasteiger charge is -2.16. The van der Waals surface area contributed by atoms with E-state index in [2.05, 4.69) is 18.8 Å². The molecule has 15 heavy (non-hydrogen) atoms. The van der Waals surface area contributed by atoms with Gasteiger partial charge in [0, 0.05) is 6.04 Å². The molecule has 0 aliphatic carbocycles. The summed E-state index contributed by atoms with van der Waals surface area (Å²) in [5.41, 5.74) is 1.02. The number of nitrogens with one attached hydrogen (secondary N) is 1. The van der Waals surface area contributed by atoms with E-state index in [4.69, 9.17) is 0 Å². The quantitative estimate of drug-likeness (QED) is 0.556. The Morgan fingerprint density at radius 3 is 2.93 bits per heavy atom.